The van der Waals surface area contributed by atoms with Crippen LogP contribution in [0.2, 0.25) is 0 Å². The normalized spacial score (nSPS) is 12.0. The third kappa shape index (κ3) is 3.83. The summed E-state index contributed by atoms with van der Waals surface area (Å²) < 4.78 is 3.53. The van der Waals surface area contributed by atoms with Crippen LogP contribution in [0, 0.1) is 0 Å². The predicted octanol–water partition coefficient (Wildman–Crippen LogP) is 1.09. The fourth-order valence-corrected chi connectivity index (χ4v) is 2.52. The number of hydrogen-bond donors (Lipinski definition) is 1. The number of carbonyl (C=O) groups excluding carboxylic acids is 1. The molecule has 24 heavy (non-hydrogen) atoms. The van der Waals surface area contributed by atoms with E-state index in [9.17, 15) is 4.79 Å². The third-order valence-corrected chi connectivity index (χ3v) is 3.74. The molecule has 0 saturated heterocycles. The van der Waals surface area contributed by atoms with Crippen molar-refractivity contribution in [1.82, 2.24) is 35.1 Å². The number of benzene rings is 1. The summed E-state index contributed by atoms with van der Waals surface area (Å²) in [4.78, 5) is 16.7. The van der Waals surface area contributed by atoms with Crippen LogP contribution < -0.4 is 5.32 Å². The minimum Gasteiger partial charge on any atom is -0.342 e. The fourth-order valence-electron chi connectivity index (χ4n) is 2.52. The van der Waals surface area contributed by atoms with Crippen LogP contribution in [0.3, 0.4) is 0 Å². The first-order valence-corrected chi connectivity index (χ1v) is 7.76. The maximum atomic E-state index is 12.4. The van der Waals surface area contributed by atoms with Gasteiger partial charge in [-0.1, -0.05) is 30.3 Å². The van der Waals surface area contributed by atoms with Crippen molar-refractivity contribution in [1.29, 1.82) is 0 Å². The van der Waals surface area contributed by atoms with E-state index in [1.165, 1.54) is 0 Å². The molecular weight excluding hydrogens is 306 g/mol. The molecule has 0 aliphatic heterocycles. The molecule has 0 radical (unpaired) electrons. The summed E-state index contributed by atoms with van der Waals surface area (Å²) >= 11 is 0. The van der Waals surface area contributed by atoms with E-state index in [4.69, 9.17) is 0 Å². The van der Waals surface area contributed by atoms with E-state index in [0.717, 1.165) is 11.4 Å². The van der Waals surface area contributed by atoms with E-state index in [1.54, 1.807) is 17.2 Å². The lowest BCUT2D eigenvalue weighted by molar-refractivity contribution is -0.121. The van der Waals surface area contributed by atoms with Crippen molar-refractivity contribution >= 4 is 5.91 Å². The second kappa shape index (κ2) is 7.49. The Morgan fingerprint density at radius 2 is 2.12 bits per heavy atom. The molecule has 1 unspecified atom stereocenters. The van der Waals surface area contributed by atoms with Crippen molar-refractivity contribution in [2.24, 2.45) is 7.05 Å². The Hall–Kier alpha value is -3.03. The number of aryl methyl sites for hydroxylation is 2. The largest absolute Gasteiger partial charge is 0.342 e. The van der Waals surface area contributed by atoms with Crippen LogP contribution in [0.25, 0.3) is 0 Å². The van der Waals surface area contributed by atoms with Crippen molar-refractivity contribution < 1.29 is 4.79 Å². The molecule has 3 rings (SSSR count). The monoisotopic (exact) mass is 325 g/mol. The average Bonchev–Trinajstić information content (AvgIpc) is 3.25. The van der Waals surface area contributed by atoms with Gasteiger partial charge in [0.1, 0.15) is 18.2 Å². The Labute approximate surface area is 139 Å². The van der Waals surface area contributed by atoms with E-state index >= 15 is 0 Å². The van der Waals surface area contributed by atoms with Gasteiger partial charge in [-0.3, -0.25) is 4.79 Å². The molecule has 1 aromatic carbocycles. The van der Waals surface area contributed by atoms with Gasteiger partial charge in [-0.25, -0.2) is 9.67 Å². The van der Waals surface area contributed by atoms with Gasteiger partial charge in [-0.2, -0.15) is 0 Å². The van der Waals surface area contributed by atoms with Crippen molar-refractivity contribution in [3.63, 3.8) is 0 Å². The summed E-state index contributed by atoms with van der Waals surface area (Å²) in [6.07, 6.45) is 6.20. The first kappa shape index (κ1) is 15.9. The smallest absolute Gasteiger partial charge is 0.220 e. The van der Waals surface area contributed by atoms with Crippen LogP contribution in [-0.2, 0) is 18.4 Å². The molecular formula is C16H19N7O. The lowest BCUT2D eigenvalue weighted by Crippen LogP contribution is -2.31. The van der Waals surface area contributed by atoms with E-state index in [-0.39, 0.29) is 11.9 Å². The first-order valence-electron chi connectivity index (χ1n) is 7.76. The average molecular weight is 325 g/mol. The SMILES string of the molecule is Cn1ccnc1C(NC(=O)CCCn1cnnn1)c1ccccc1. The van der Waals surface area contributed by atoms with Gasteiger partial charge >= 0.3 is 0 Å². The van der Waals surface area contributed by atoms with E-state index in [0.29, 0.717) is 19.4 Å². The van der Waals surface area contributed by atoms with Crippen molar-refractivity contribution in [3.8, 4) is 0 Å². The standard InChI is InChI=1S/C16H19N7O/c1-22-11-9-17-16(22)15(13-6-3-2-4-7-13)19-14(24)8-5-10-23-12-18-20-21-23/h2-4,6-7,9,11-12,15H,5,8,10H2,1H3,(H,19,24). The Kier molecular flexibility index (Phi) is 4.95. The molecule has 0 aliphatic rings. The summed E-state index contributed by atoms with van der Waals surface area (Å²) in [5.41, 5.74) is 1.00. The molecule has 8 heteroatoms. The highest BCUT2D eigenvalue weighted by atomic mass is 16.1. The molecule has 0 aliphatic carbocycles. The maximum absolute atomic E-state index is 12.4. The number of carbonyl (C=O) groups is 1. The molecule has 0 saturated carbocycles. The van der Waals surface area contributed by atoms with Crippen LogP contribution in [0.4, 0.5) is 0 Å². The molecule has 0 bridgehead atoms. The number of nitrogens with zero attached hydrogens (tertiary/aromatic N) is 6. The minimum atomic E-state index is -0.272. The first-order chi connectivity index (χ1) is 11.7. The highest BCUT2D eigenvalue weighted by Crippen LogP contribution is 2.20. The van der Waals surface area contributed by atoms with Crippen molar-refractivity contribution in [3.05, 3.63) is 60.4 Å². The number of nitrogens with one attached hydrogen (secondary N) is 1. The third-order valence-electron chi connectivity index (χ3n) is 3.74. The summed E-state index contributed by atoms with van der Waals surface area (Å²) in [6, 6.07) is 9.56. The highest BCUT2D eigenvalue weighted by molar-refractivity contribution is 5.76. The summed E-state index contributed by atoms with van der Waals surface area (Å²) in [7, 11) is 1.92. The minimum absolute atomic E-state index is 0.0278. The van der Waals surface area contributed by atoms with E-state index in [2.05, 4.69) is 25.8 Å². The van der Waals surface area contributed by atoms with E-state index < -0.39 is 0 Å². The van der Waals surface area contributed by atoms with Gasteiger partial charge in [-0.15, -0.1) is 5.10 Å². The summed E-state index contributed by atoms with van der Waals surface area (Å²) in [5, 5.41) is 14.0. The summed E-state index contributed by atoms with van der Waals surface area (Å²) in [6.45, 7) is 0.610. The topological polar surface area (TPSA) is 90.5 Å². The van der Waals surface area contributed by atoms with Gasteiger partial charge in [-0.05, 0) is 22.4 Å². The summed E-state index contributed by atoms with van der Waals surface area (Å²) in [5.74, 6) is 0.773. The van der Waals surface area contributed by atoms with Gasteiger partial charge in [0.25, 0.3) is 0 Å². The van der Waals surface area contributed by atoms with Gasteiger partial charge in [0.15, 0.2) is 0 Å². The second-order valence-corrected chi connectivity index (χ2v) is 5.48. The van der Waals surface area contributed by atoms with Crippen LogP contribution in [-0.4, -0.2) is 35.7 Å². The van der Waals surface area contributed by atoms with E-state index in [1.807, 2.05) is 48.1 Å². The van der Waals surface area contributed by atoms with Gasteiger partial charge in [0, 0.05) is 32.4 Å². The zero-order valence-corrected chi connectivity index (χ0v) is 13.4. The molecule has 1 atom stereocenters. The predicted molar refractivity (Wildman–Crippen MR) is 86.7 cm³/mol. The number of tetrazole rings is 1. The molecule has 1 amide bonds. The van der Waals surface area contributed by atoms with Gasteiger partial charge in [0.05, 0.1) is 0 Å². The van der Waals surface area contributed by atoms with Crippen LogP contribution in [0.15, 0.2) is 49.1 Å². The number of imidazole rings is 1. The molecule has 8 nitrogen and oxygen atoms in total. The zero-order valence-electron chi connectivity index (χ0n) is 13.4. The molecule has 124 valence electrons. The second-order valence-electron chi connectivity index (χ2n) is 5.48. The zero-order chi connectivity index (χ0) is 16.8. The Bertz CT molecular complexity index is 767. The molecule has 1 N–H and O–H groups in total. The van der Waals surface area contributed by atoms with Crippen molar-refractivity contribution in [2.75, 3.05) is 0 Å². The number of amides is 1. The van der Waals surface area contributed by atoms with Crippen molar-refractivity contribution in [2.45, 2.75) is 25.4 Å². The lowest BCUT2D eigenvalue weighted by Gasteiger charge is -2.19. The number of rotatable bonds is 7. The Morgan fingerprint density at radius 3 is 2.79 bits per heavy atom. The Morgan fingerprint density at radius 1 is 1.29 bits per heavy atom. The highest BCUT2D eigenvalue weighted by Gasteiger charge is 2.20. The molecule has 0 fully saturated rings. The van der Waals surface area contributed by atoms with Crippen LogP contribution in [0.5, 0.6) is 0 Å². The molecule has 2 aromatic heterocycles. The molecule has 0 spiro atoms. The quantitative estimate of drug-likeness (QED) is 0.702. The van der Waals surface area contributed by atoms with Crippen LogP contribution >= 0.6 is 0 Å². The molecule has 2 heterocycles. The number of hydrogen-bond acceptors (Lipinski definition) is 5. The Balaban J connectivity index is 1.65. The number of aromatic nitrogens is 6. The van der Waals surface area contributed by atoms with Gasteiger partial charge in [0.2, 0.25) is 5.91 Å². The fraction of sp³-hybridized carbons (Fsp3) is 0.312. The van der Waals surface area contributed by atoms with Crippen LogP contribution in [0.1, 0.15) is 30.3 Å². The lowest BCUT2D eigenvalue weighted by atomic mass is 10.1. The maximum Gasteiger partial charge on any atom is 0.220 e. The van der Waals surface area contributed by atoms with Gasteiger partial charge < -0.3 is 9.88 Å². The molecule has 3 aromatic rings.